The van der Waals surface area contributed by atoms with Crippen molar-refractivity contribution in [2.24, 2.45) is 0 Å². The molecule has 0 fully saturated rings. The van der Waals surface area contributed by atoms with Crippen LogP contribution in [0.25, 0.3) is 0 Å². The fraction of sp³-hybridized carbons (Fsp3) is 0.440. The number of hydrogen-bond acceptors (Lipinski definition) is 2. The summed E-state index contributed by atoms with van der Waals surface area (Å²) in [5, 5.41) is 3.13. The highest BCUT2D eigenvalue weighted by Gasteiger charge is 2.21. The second-order valence-corrected chi connectivity index (χ2v) is 7.27. The largest absolute Gasteiger partial charge is 0.355 e. The SMILES string of the molecule is O=[C]CCCCCCCCCCNC(=O)C(c1ccccc1)c1ccccc1. The number of amides is 1. The van der Waals surface area contributed by atoms with Crippen LogP contribution in [0.15, 0.2) is 60.7 Å². The van der Waals surface area contributed by atoms with Gasteiger partial charge >= 0.3 is 0 Å². The fourth-order valence-corrected chi connectivity index (χ4v) is 3.48. The smallest absolute Gasteiger partial charge is 0.232 e. The Bertz CT molecular complexity index is 630. The summed E-state index contributed by atoms with van der Waals surface area (Å²) < 4.78 is 0. The lowest BCUT2D eigenvalue weighted by molar-refractivity contribution is -0.121. The van der Waals surface area contributed by atoms with Crippen molar-refractivity contribution in [2.45, 2.75) is 63.7 Å². The number of hydrogen-bond donors (Lipinski definition) is 1. The van der Waals surface area contributed by atoms with Gasteiger partial charge in [0.1, 0.15) is 0 Å². The van der Waals surface area contributed by atoms with Crippen molar-refractivity contribution in [3.05, 3.63) is 71.8 Å². The minimum Gasteiger partial charge on any atom is -0.355 e. The molecule has 2 aromatic rings. The molecule has 0 spiro atoms. The molecule has 0 aliphatic heterocycles. The van der Waals surface area contributed by atoms with Crippen molar-refractivity contribution in [1.29, 1.82) is 0 Å². The maximum Gasteiger partial charge on any atom is 0.232 e. The Morgan fingerprint density at radius 2 is 1.18 bits per heavy atom. The lowest BCUT2D eigenvalue weighted by Gasteiger charge is -2.18. The topological polar surface area (TPSA) is 46.2 Å². The Balaban J connectivity index is 1.69. The molecule has 3 heteroatoms. The van der Waals surface area contributed by atoms with Gasteiger partial charge in [0, 0.05) is 13.0 Å². The minimum absolute atomic E-state index is 0.0735. The molecular formula is C25H32NO2. The standard InChI is InChI=1S/C25H32NO2/c27-21-15-7-5-3-1-2-4-6-14-20-26-25(28)24(22-16-10-8-11-17-22)23-18-12-9-13-19-23/h8-13,16-19,24H,1-7,14-15,20H2,(H,26,28). The van der Waals surface area contributed by atoms with Gasteiger partial charge in [0.2, 0.25) is 5.91 Å². The maximum atomic E-state index is 12.9. The quantitative estimate of drug-likeness (QED) is 0.438. The zero-order valence-electron chi connectivity index (χ0n) is 16.7. The summed E-state index contributed by atoms with van der Waals surface area (Å²) in [7, 11) is 0. The molecule has 0 bridgehead atoms. The van der Waals surface area contributed by atoms with Crippen molar-refractivity contribution in [3.8, 4) is 0 Å². The molecule has 1 N–H and O–H groups in total. The summed E-state index contributed by atoms with van der Waals surface area (Å²) in [4.78, 5) is 23.0. The zero-order valence-corrected chi connectivity index (χ0v) is 16.7. The average Bonchev–Trinajstić information content (AvgIpc) is 2.74. The highest BCUT2D eigenvalue weighted by atomic mass is 16.1. The van der Waals surface area contributed by atoms with E-state index in [0.29, 0.717) is 6.42 Å². The summed E-state index contributed by atoms with van der Waals surface area (Å²) in [6.45, 7) is 0.726. The molecule has 0 heterocycles. The Morgan fingerprint density at radius 3 is 1.68 bits per heavy atom. The number of benzene rings is 2. The molecule has 2 aromatic carbocycles. The van der Waals surface area contributed by atoms with Crippen LogP contribution in [0.2, 0.25) is 0 Å². The van der Waals surface area contributed by atoms with E-state index in [9.17, 15) is 9.59 Å². The van der Waals surface area contributed by atoms with Crippen LogP contribution in [0.3, 0.4) is 0 Å². The third-order valence-corrected chi connectivity index (χ3v) is 5.03. The number of unbranched alkanes of at least 4 members (excludes halogenated alkanes) is 8. The molecule has 3 nitrogen and oxygen atoms in total. The highest BCUT2D eigenvalue weighted by Crippen LogP contribution is 2.24. The Labute approximate surface area is 169 Å². The van der Waals surface area contributed by atoms with E-state index in [1.165, 1.54) is 25.7 Å². The van der Waals surface area contributed by atoms with E-state index in [-0.39, 0.29) is 11.8 Å². The van der Waals surface area contributed by atoms with E-state index in [1.54, 1.807) is 0 Å². The first kappa shape index (κ1) is 21.9. The first-order chi connectivity index (χ1) is 13.8. The van der Waals surface area contributed by atoms with E-state index in [2.05, 4.69) is 5.32 Å². The molecular weight excluding hydrogens is 346 g/mol. The van der Waals surface area contributed by atoms with E-state index < -0.39 is 0 Å². The molecule has 0 unspecified atom stereocenters. The van der Waals surface area contributed by atoms with E-state index in [1.807, 2.05) is 66.9 Å². The van der Waals surface area contributed by atoms with E-state index >= 15 is 0 Å². The van der Waals surface area contributed by atoms with E-state index in [0.717, 1.165) is 43.4 Å². The van der Waals surface area contributed by atoms with Gasteiger partial charge in [-0.2, -0.15) is 0 Å². The molecule has 0 saturated heterocycles. The van der Waals surface area contributed by atoms with Crippen molar-refractivity contribution >= 4 is 12.2 Å². The van der Waals surface area contributed by atoms with Crippen LogP contribution in [0, 0.1) is 0 Å². The predicted octanol–water partition coefficient (Wildman–Crippen LogP) is 5.56. The van der Waals surface area contributed by atoms with Gasteiger partial charge < -0.3 is 5.32 Å². The maximum absolute atomic E-state index is 12.9. The molecule has 149 valence electrons. The van der Waals surface area contributed by atoms with Crippen LogP contribution in [0.4, 0.5) is 0 Å². The van der Waals surface area contributed by atoms with Crippen LogP contribution >= 0.6 is 0 Å². The zero-order chi connectivity index (χ0) is 19.9. The first-order valence-corrected chi connectivity index (χ1v) is 10.6. The summed E-state index contributed by atoms with van der Waals surface area (Å²) in [6.07, 6.45) is 11.7. The molecule has 1 amide bonds. The highest BCUT2D eigenvalue weighted by molar-refractivity contribution is 5.87. The Kier molecular flexibility index (Phi) is 10.7. The van der Waals surface area contributed by atoms with Crippen LogP contribution in [-0.2, 0) is 9.59 Å². The van der Waals surface area contributed by atoms with Crippen molar-refractivity contribution in [1.82, 2.24) is 5.32 Å². The first-order valence-electron chi connectivity index (χ1n) is 10.6. The molecule has 28 heavy (non-hydrogen) atoms. The predicted molar refractivity (Wildman–Crippen MR) is 115 cm³/mol. The second kappa shape index (κ2) is 13.7. The second-order valence-electron chi connectivity index (χ2n) is 7.27. The van der Waals surface area contributed by atoms with Crippen LogP contribution in [0.1, 0.15) is 74.8 Å². The summed E-state index contributed by atoms with van der Waals surface area (Å²) in [6, 6.07) is 20.0. The number of nitrogens with one attached hydrogen (secondary N) is 1. The number of carbonyl (C=O) groups excluding carboxylic acids is 2. The van der Waals surface area contributed by atoms with Crippen LogP contribution in [0.5, 0.6) is 0 Å². The monoisotopic (exact) mass is 378 g/mol. The fourth-order valence-electron chi connectivity index (χ4n) is 3.48. The van der Waals surface area contributed by atoms with Gasteiger partial charge in [-0.15, -0.1) is 0 Å². The molecule has 2 rings (SSSR count). The molecule has 1 radical (unpaired) electrons. The van der Waals surface area contributed by atoms with Gasteiger partial charge in [-0.3, -0.25) is 9.59 Å². The van der Waals surface area contributed by atoms with Crippen molar-refractivity contribution in [3.63, 3.8) is 0 Å². The third kappa shape index (κ3) is 8.08. The van der Waals surface area contributed by atoms with Gasteiger partial charge in [0.05, 0.1) is 5.92 Å². The van der Waals surface area contributed by atoms with Gasteiger partial charge in [-0.1, -0.05) is 99.2 Å². The van der Waals surface area contributed by atoms with E-state index in [4.69, 9.17) is 0 Å². The van der Waals surface area contributed by atoms with Crippen LogP contribution < -0.4 is 5.32 Å². The summed E-state index contributed by atoms with van der Waals surface area (Å²) >= 11 is 0. The third-order valence-electron chi connectivity index (χ3n) is 5.03. The summed E-state index contributed by atoms with van der Waals surface area (Å²) in [5.74, 6) is -0.185. The van der Waals surface area contributed by atoms with Gasteiger partial charge in [0.15, 0.2) is 6.29 Å². The molecule has 0 aromatic heterocycles. The average molecular weight is 379 g/mol. The Morgan fingerprint density at radius 1 is 0.714 bits per heavy atom. The normalized spacial score (nSPS) is 10.8. The summed E-state index contributed by atoms with van der Waals surface area (Å²) in [5.41, 5.74) is 2.05. The van der Waals surface area contributed by atoms with Crippen LogP contribution in [-0.4, -0.2) is 18.7 Å². The molecule has 0 aliphatic carbocycles. The lowest BCUT2D eigenvalue weighted by atomic mass is 9.90. The van der Waals surface area contributed by atoms with Gasteiger partial charge in [0.25, 0.3) is 0 Å². The molecule has 0 aliphatic rings. The number of rotatable bonds is 14. The van der Waals surface area contributed by atoms with Gasteiger partial charge in [-0.25, -0.2) is 0 Å². The van der Waals surface area contributed by atoms with Crippen molar-refractivity contribution < 1.29 is 9.59 Å². The van der Waals surface area contributed by atoms with Crippen molar-refractivity contribution in [2.75, 3.05) is 6.54 Å². The number of carbonyl (C=O) groups is 1. The molecule has 0 atom stereocenters. The minimum atomic E-state index is -0.258. The lowest BCUT2D eigenvalue weighted by Crippen LogP contribution is -2.30. The van der Waals surface area contributed by atoms with Gasteiger partial charge in [-0.05, 0) is 24.0 Å². The molecule has 0 saturated carbocycles. The Hall–Kier alpha value is -2.42.